The van der Waals surface area contributed by atoms with E-state index in [9.17, 15) is 39.6 Å². The van der Waals surface area contributed by atoms with Crippen LogP contribution in [0.1, 0.15) is 41.4 Å². The van der Waals surface area contributed by atoms with E-state index < -0.39 is 23.9 Å². The number of carboxylic acids is 4. The highest BCUT2D eigenvalue weighted by molar-refractivity contribution is 6.40. The Hall–Kier alpha value is -8.62. The van der Waals surface area contributed by atoms with E-state index in [1.54, 1.807) is 48.5 Å². The number of benzene rings is 10. The number of rotatable bonds is 8. The van der Waals surface area contributed by atoms with Crippen LogP contribution in [-0.4, -0.2) is 44.3 Å². The quantitative estimate of drug-likeness (QED) is 0.111. The minimum absolute atomic E-state index is 0.189. The molecule has 8 heteroatoms. The first kappa shape index (κ1) is 37.6. The number of hydrogen-bond acceptors (Lipinski definition) is 4. The number of carboxylic acid groups (broad SMARTS) is 4. The second kappa shape index (κ2) is 14.6. The van der Waals surface area contributed by atoms with Gasteiger partial charge in [0.15, 0.2) is 0 Å². The van der Waals surface area contributed by atoms with Crippen molar-refractivity contribution in [3.63, 3.8) is 0 Å². The van der Waals surface area contributed by atoms with Gasteiger partial charge in [-0.1, -0.05) is 97.1 Å². The van der Waals surface area contributed by atoms with Gasteiger partial charge in [0, 0.05) is 0 Å². The van der Waals surface area contributed by atoms with E-state index in [-0.39, 0.29) is 22.3 Å². The van der Waals surface area contributed by atoms with Crippen molar-refractivity contribution in [1.29, 1.82) is 0 Å². The number of aromatic carboxylic acids is 4. The van der Waals surface area contributed by atoms with Gasteiger partial charge in [0.2, 0.25) is 0 Å². The molecule has 0 saturated carbocycles. The maximum Gasteiger partial charge on any atom is 0.335 e. The smallest absolute Gasteiger partial charge is 0.335 e. The second-order valence-electron chi connectivity index (χ2n) is 15.3. The Balaban J connectivity index is 1.35. The van der Waals surface area contributed by atoms with Crippen molar-refractivity contribution in [3.8, 4) is 44.5 Å². The van der Waals surface area contributed by atoms with Crippen LogP contribution in [0.5, 0.6) is 0 Å². The largest absolute Gasteiger partial charge is 0.478 e. The van der Waals surface area contributed by atoms with Crippen LogP contribution in [-0.2, 0) is 0 Å². The number of fused-ring (bicyclic) bond motifs is 11. The van der Waals surface area contributed by atoms with Crippen molar-refractivity contribution in [3.05, 3.63) is 192 Å². The van der Waals surface area contributed by atoms with Gasteiger partial charge in [-0.25, -0.2) is 19.2 Å². The standard InChI is InChI=1S/C54H32O8/c55-51(56)33-9-1-29(2-10-33)37-17-21-41-42-22-18-39(31-5-13-35(14-6-31)53(59)60)27-47(42)50-48-28-40(32-7-15-36(16-8-32)54(61)62)20-24-44(48)43-23-19-38(26-46(43)49(50)45(41)25-37)30-3-11-34(12-4-30)52(57)58/h1-28H,(H,55,56)(H,57,58)(H,59,60)(H,61,62). The molecule has 0 aliphatic carbocycles. The molecule has 0 fully saturated rings. The van der Waals surface area contributed by atoms with Gasteiger partial charge < -0.3 is 20.4 Å². The van der Waals surface area contributed by atoms with Crippen molar-refractivity contribution in [2.75, 3.05) is 0 Å². The second-order valence-corrected chi connectivity index (χ2v) is 15.3. The van der Waals surface area contributed by atoms with Crippen molar-refractivity contribution in [2.24, 2.45) is 0 Å². The Morgan fingerprint density at radius 2 is 0.403 bits per heavy atom. The highest BCUT2D eigenvalue weighted by atomic mass is 16.4. The number of hydrogen-bond donors (Lipinski definition) is 4. The molecular weight excluding hydrogens is 777 g/mol. The first-order valence-electron chi connectivity index (χ1n) is 19.7. The molecule has 4 N–H and O–H groups in total. The van der Waals surface area contributed by atoms with Crippen LogP contribution in [0, 0.1) is 0 Å². The van der Waals surface area contributed by atoms with Crippen LogP contribution < -0.4 is 0 Å². The Labute approximate surface area is 352 Å². The fourth-order valence-corrected chi connectivity index (χ4v) is 8.71. The maximum atomic E-state index is 11.7. The predicted octanol–water partition coefficient (Wildman–Crippen LogP) is 12.9. The minimum Gasteiger partial charge on any atom is -0.478 e. The first-order valence-corrected chi connectivity index (χ1v) is 19.7. The zero-order valence-electron chi connectivity index (χ0n) is 32.6. The molecule has 0 amide bonds. The molecule has 296 valence electrons. The van der Waals surface area contributed by atoms with Gasteiger partial charge >= 0.3 is 23.9 Å². The molecule has 10 aromatic carbocycles. The van der Waals surface area contributed by atoms with E-state index in [2.05, 4.69) is 48.5 Å². The molecule has 10 rings (SSSR count). The molecule has 62 heavy (non-hydrogen) atoms. The van der Waals surface area contributed by atoms with E-state index in [4.69, 9.17) is 0 Å². The average Bonchev–Trinajstić information content (AvgIpc) is 3.30. The summed E-state index contributed by atoms with van der Waals surface area (Å²) in [5, 5.41) is 48.2. The van der Waals surface area contributed by atoms with E-state index in [0.717, 1.165) is 98.4 Å². The zero-order chi connectivity index (χ0) is 42.8. The fourth-order valence-electron chi connectivity index (χ4n) is 8.71. The van der Waals surface area contributed by atoms with E-state index in [0.29, 0.717) is 0 Å². The lowest BCUT2D eigenvalue weighted by Crippen LogP contribution is -1.95. The highest BCUT2D eigenvalue weighted by Gasteiger charge is 2.20. The minimum atomic E-state index is -1.01. The Morgan fingerprint density at radius 3 is 0.581 bits per heavy atom. The number of carbonyl (C=O) groups is 4. The first-order chi connectivity index (χ1) is 30.0. The molecule has 0 saturated heterocycles. The summed E-state index contributed by atoms with van der Waals surface area (Å²) < 4.78 is 0. The van der Waals surface area contributed by atoms with Crippen LogP contribution >= 0.6 is 0 Å². The van der Waals surface area contributed by atoms with Crippen LogP contribution in [0.4, 0.5) is 0 Å². The molecule has 0 spiro atoms. The molecular formula is C54H32O8. The molecule has 0 aliphatic heterocycles. The van der Waals surface area contributed by atoms with Crippen LogP contribution in [0.2, 0.25) is 0 Å². The molecule has 0 unspecified atom stereocenters. The summed E-state index contributed by atoms with van der Waals surface area (Å²) in [7, 11) is 0. The summed E-state index contributed by atoms with van der Waals surface area (Å²) in [5.41, 5.74) is 7.73. The Morgan fingerprint density at radius 1 is 0.226 bits per heavy atom. The van der Waals surface area contributed by atoms with Crippen molar-refractivity contribution < 1.29 is 39.6 Å². The van der Waals surface area contributed by atoms with Crippen LogP contribution in [0.15, 0.2) is 170 Å². The van der Waals surface area contributed by atoms with Gasteiger partial charge in [0.1, 0.15) is 0 Å². The lowest BCUT2D eigenvalue weighted by molar-refractivity contribution is 0.0686. The normalized spacial score (nSPS) is 11.4. The summed E-state index contributed by atoms with van der Waals surface area (Å²) in [5.74, 6) is -4.02. The van der Waals surface area contributed by atoms with Gasteiger partial charge in [-0.05, 0) is 171 Å². The maximum absolute atomic E-state index is 11.7. The third kappa shape index (κ3) is 6.34. The summed E-state index contributed by atoms with van der Waals surface area (Å²) in [6.07, 6.45) is 0. The van der Waals surface area contributed by atoms with Crippen molar-refractivity contribution in [1.82, 2.24) is 0 Å². The Bertz CT molecular complexity index is 3060. The summed E-state index contributed by atoms with van der Waals surface area (Å²) >= 11 is 0. The zero-order valence-corrected chi connectivity index (χ0v) is 32.6. The Kier molecular flexibility index (Phi) is 8.85. The van der Waals surface area contributed by atoms with Crippen LogP contribution in [0.25, 0.3) is 98.4 Å². The molecule has 0 heterocycles. The van der Waals surface area contributed by atoms with E-state index in [1.165, 1.54) is 0 Å². The van der Waals surface area contributed by atoms with Crippen LogP contribution in [0.3, 0.4) is 0 Å². The van der Waals surface area contributed by atoms with Gasteiger partial charge in [0.25, 0.3) is 0 Å². The van der Waals surface area contributed by atoms with Crippen molar-refractivity contribution >= 4 is 77.7 Å². The lowest BCUT2D eigenvalue weighted by Gasteiger charge is -2.19. The SMILES string of the molecule is O=C(O)c1ccc(-c2ccc3c4ccc(-c5ccc(C(=O)O)cc5)cc4c4c5cc(-c6ccc(C(=O)O)cc6)ccc5c5ccc(-c6ccc(C(=O)O)cc6)cc5c4c3c2)cc1. The summed E-state index contributed by atoms with van der Waals surface area (Å²) in [4.78, 5) is 47.0. The monoisotopic (exact) mass is 808 g/mol. The molecule has 0 atom stereocenters. The molecule has 10 aromatic rings. The molecule has 8 nitrogen and oxygen atoms in total. The van der Waals surface area contributed by atoms with Crippen molar-refractivity contribution in [2.45, 2.75) is 0 Å². The summed E-state index contributed by atoms with van der Waals surface area (Å²) in [6, 6.07) is 52.4. The molecule has 0 radical (unpaired) electrons. The topological polar surface area (TPSA) is 149 Å². The van der Waals surface area contributed by atoms with E-state index in [1.807, 2.05) is 72.8 Å². The molecule has 0 aromatic heterocycles. The van der Waals surface area contributed by atoms with E-state index >= 15 is 0 Å². The predicted molar refractivity (Wildman–Crippen MR) is 244 cm³/mol. The van der Waals surface area contributed by atoms with Gasteiger partial charge in [0.05, 0.1) is 22.3 Å². The third-order valence-electron chi connectivity index (χ3n) is 11.8. The molecule has 0 aliphatic rings. The van der Waals surface area contributed by atoms with Gasteiger partial charge in [-0.15, -0.1) is 0 Å². The third-order valence-corrected chi connectivity index (χ3v) is 11.8. The lowest BCUT2D eigenvalue weighted by atomic mass is 9.84. The highest BCUT2D eigenvalue weighted by Crippen LogP contribution is 2.47. The fraction of sp³-hybridized carbons (Fsp3) is 0. The van der Waals surface area contributed by atoms with Gasteiger partial charge in [-0.3, -0.25) is 0 Å². The van der Waals surface area contributed by atoms with Gasteiger partial charge in [-0.2, -0.15) is 0 Å². The average molecular weight is 809 g/mol. The summed E-state index contributed by atoms with van der Waals surface area (Å²) in [6.45, 7) is 0. The molecule has 0 bridgehead atoms.